The molecule has 5 heteroatoms. The molecule has 5 nitrogen and oxygen atoms in total. The van der Waals surface area contributed by atoms with Gasteiger partial charge in [-0.15, -0.1) is 0 Å². The van der Waals surface area contributed by atoms with Crippen LogP contribution in [0.5, 0.6) is 11.5 Å². The quantitative estimate of drug-likeness (QED) is 0.606. The maximum absolute atomic E-state index is 12.7. The minimum Gasteiger partial charge on any atom is -0.493 e. The van der Waals surface area contributed by atoms with Gasteiger partial charge in [-0.1, -0.05) is 44.2 Å². The number of hydrogen-bond acceptors (Lipinski definition) is 3. The van der Waals surface area contributed by atoms with Gasteiger partial charge in [-0.3, -0.25) is 4.79 Å². The van der Waals surface area contributed by atoms with E-state index in [1.165, 1.54) is 0 Å². The molecule has 1 unspecified atom stereocenters. The Morgan fingerprint density at radius 2 is 1.82 bits per heavy atom. The lowest BCUT2D eigenvalue weighted by molar-refractivity contribution is -0.121. The Hall–Kier alpha value is -2.95. The van der Waals surface area contributed by atoms with Gasteiger partial charge < -0.3 is 19.8 Å². The van der Waals surface area contributed by atoms with E-state index in [4.69, 9.17) is 9.47 Å². The van der Waals surface area contributed by atoms with Crippen LogP contribution < -0.4 is 14.8 Å². The number of methoxy groups -OCH3 is 2. The predicted octanol–water partition coefficient (Wildman–Crippen LogP) is 4.48. The van der Waals surface area contributed by atoms with Crippen LogP contribution in [-0.2, 0) is 4.79 Å². The average Bonchev–Trinajstić information content (AvgIpc) is 3.13. The Labute approximate surface area is 166 Å². The van der Waals surface area contributed by atoms with E-state index in [0.717, 1.165) is 22.0 Å². The first-order valence-corrected chi connectivity index (χ1v) is 9.58. The summed E-state index contributed by atoms with van der Waals surface area (Å²) in [5.41, 5.74) is 3.06. The van der Waals surface area contributed by atoms with Crippen molar-refractivity contribution in [1.82, 2.24) is 10.3 Å². The molecular formula is C23H28N2O3. The molecule has 3 aromatic rings. The summed E-state index contributed by atoms with van der Waals surface area (Å²) in [6.45, 7) is 4.83. The van der Waals surface area contributed by atoms with Gasteiger partial charge >= 0.3 is 0 Å². The van der Waals surface area contributed by atoms with E-state index >= 15 is 0 Å². The molecular weight excluding hydrogens is 352 g/mol. The standard InChI is InChI=1S/C23H28N2O3/c1-15(2)13-25-22(26)12-18(17-9-7-11-21(27-3)23(17)28-4)19-14-24-20-10-6-5-8-16(19)20/h5-11,14-15,18,24H,12-13H2,1-4H3,(H,25,26). The molecule has 0 spiro atoms. The van der Waals surface area contributed by atoms with E-state index in [9.17, 15) is 4.79 Å². The number of fused-ring (bicyclic) bond motifs is 1. The van der Waals surface area contributed by atoms with Crippen molar-refractivity contribution in [3.8, 4) is 11.5 Å². The molecule has 0 saturated heterocycles. The van der Waals surface area contributed by atoms with Crippen molar-refractivity contribution in [2.75, 3.05) is 20.8 Å². The van der Waals surface area contributed by atoms with Crippen molar-refractivity contribution < 1.29 is 14.3 Å². The molecule has 1 atom stereocenters. The third-order valence-corrected chi connectivity index (χ3v) is 4.90. The minimum absolute atomic E-state index is 0.0221. The lowest BCUT2D eigenvalue weighted by Crippen LogP contribution is -2.28. The second kappa shape index (κ2) is 8.83. The Balaban J connectivity index is 2.06. The molecule has 0 radical (unpaired) electrons. The SMILES string of the molecule is COc1cccc(C(CC(=O)NCC(C)C)c2c[nH]c3ccccc23)c1OC. The number of carbonyl (C=O) groups excluding carboxylic acids is 1. The van der Waals surface area contributed by atoms with Crippen LogP contribution in [0.15, 0.2) is 48.7 Å². The molecule has 1 heterocycles. The third-order valence-electron chi connectivity index (χ3n) is 4.90. The number of aromatic amines is 1. The highest BCUT2D eigenvalue weighted by Gasteiger charge is 2.26. The molecule has 2 aromatic carbocycles. The highest BCUT2D eigenvalue weighted by Crippen LogP contribution is 2.41. The number of rotatable bonds is 8. The fourth-order valence-corrected chi connectivity index (χ4v) is 3.53. The number of H-pyrrole nitrogens is 1. The summed E-state index contributed by atoms with van der Waals surface area (Å²) in [7, 11) is 3.25. The second-order valence-corrected chi connectivity index (χ2v) is 7.33. The Morgan fingerprint density at radius 3 is 2.54 bits per heavy atom. The second-order valence-electron chi connectivity index (χ2n) is 7.33. The summed E-state index contributed by atoms with van der Waals surface area (Å²) in [6.07, 6.45) is 2.32. The molecule has 0 aliphatic heterocycles. The van der Waals surface area contributed by atoms with Gasteiger partial charge in [-0.25, -0.2) is 0 Å². The van der Waals surface area contributed by atoms with Crippen LogP contribution in [0.2, 0.25) is 0 Å². The fraction of sp³-hybridized carbons (Fsp3) is 0.348. The van der Waals surface area contributed by atoms with Gasteiger partial charge in [0.05, 0.1) is 14.2 Å². The van der Waals surface area contributed by atoms with Crippen LogP contribution in [0, 0.1) is 5.92 Å². The highest BCUT2D eigenvalue weighted by atomic mass is 16.5. The summed E-state index contributed by atoms with van der Waals surface area (Å²) in [6, 6.07) is 13.9. The van der Waals surface area contributed by atoms with Crippen LogP contribution >= 0.6 is 0 Å². The van der Waals surface area contributed by atoms with E-state index in [2.05, 4.69) is 30.2 Å². The van der Waals surface area contributed by atoms with Gasteiger partial charge in [0.1, 0.15) is 0 Å². The first-order chi connectivity index (χ1) is 13.5. The normalized spacial score (nSPS) is 12.2. The van der Waals surface area contributed by atoms with Gasteiger partial charge in [-0.2, -0.15) is 0 Å². The maximum atomic E-state index is 12.7. The summed E-state index contributed by atoms with van der Waals surface area (Å²) in [4.78, 5) is 16.0. The maximum Gasteiger partial charge on any atom is 0.220 e. The van der Waals surface area contributed by atoms with Gasteiger partial charge in [0, 0.05) is 41.5 Å². The zero-order valence-corrected chi connectivity index (χ0v) is 16.9. The predicted molar refractivity (Wildman–Crippen MR) is 112 cm³/mol. The van der Waals surface area contributed by atoms with Crippen molar-refractivity contribution in [2.45, 2.75) is 26.2 Å². The first kappa shape index (κ1) is 19.8. The molecule has 28 heavy (non-hydrogen) atoms. The van der Waals surface area contributed by atoms with Crippen molar-refractivity contribution >= 4 is 16.8 Å². The number of amides is 1. The van der Waals surface area contributed by atoms with E-state index in [0.29, 0.717) is 30.4 Å². The smallest absolute Gasteiger partial charge is 0.220 e. The molecule has 3 rings (SSSR count). The fourth-order valence-electron chi connectivity index (χ4n) is 3.53. The lowest BCUT2D eigenvalue weighted by atomic mass is 9.87. The molecule has 0 bridgehead atoms. The zero-order chi connectivity index (χ0) is 20.1. The van der Waals surface area contributed by atoms with Crippen LogP contribution in [0.4, 0.5) is 0 Å². The molecule has 0 saturated carbocycles. The Kier molecular flexibility index (Phi) is 6.24. The van der Waals surface area contributed by atoms with Gasteiger partial charge in [0.15, 0.2) is 11.5 Å². The van der Waals surface area contributed by atoms with E-state index in [1.54, 1.807) is 14.2 Å². The highest BCUT2D eigenvalue weighted by molar-refractivity contribution is 5.86. The first-order valence-electron chi connectivity index (χ1n) is 9.58. The van der Waals surface area contributed by atoms with E-state index in [1.807, 2.05) is 42.6 Å². The van der Waals surface area contributed by atoms with Crippen LogP contribution in [0.25, 0.3) is 10.9 Å². The van der Waals surface area contributed by atoms with E-state index in [-0.39, 0.29) is 11.8 Å². The van der Waals surface area contributed by atoms with Crippen molar-refractivity contribution in [2.24, 2.45) is 5.92 Å². The van der Waals surface area contributed by atoms with Crippen LogP contribution in [0.3, 0.4) is 0 Å². The Bertz CT molecular complexity index is 946. The molecule has 148 valence electrons. The molecule has 2 N–H and O–H groups in total. The largest absolute Gasteiger partial charge is 0.493 e. The van der Waals surface area contributed by atoms with Gasteiger partial charge in [-0.05, 0) is 23.6 Å². The van der Waals surface area contributed by atoms with Crippen molar-refractivity contribution in [3.63, 3.8) is 0 Å². The summed E-state index contributed by atoms with van der Waals surface area (Å²) < 4.78 is 11.2. The number of aromatic nitrogens is 1. The summed E-state index contributed by atoms with van der Waals surface area (Å²) >= 11 is 0. The number of ether oxygens (including phenoxy) is 2. The monoisotopic (exact) mass is 380 g/mol. The topological polar surface area (TPSA) is 63.3 Å². The number of para-hydroxylation sites is 2. The number of nitrogens with one attached hydrogen (secondary N) is 2. The zero-order valence-electron chi connectivity index (χ0n) is 16.9. The lowest BCUT2D eigenvalue weighted by Gasteiger charge is -2.21. The number of hydrogen-bond donors (Lipinski definition) is 2. The third kappa shape index (κ3) is 4.14. The molecule has 0 aliphatic carbocycles. The van der Waals surface area contributed by atoms with Gasteiger partial charge in [0.2, 0.25) is 5.91 Å². The molecule has 1 aromatic heterocycles. The van der Waals surface area contributed by atoms with Crippen LogP contribution in [-0.4, -0.2) is 31.7 Å². The molecule has 0 fully saturated rings. The number of benzene rings is 2. The number of carbonyl (C=O) groups is 1. The molecule has 1 amide bonds. The average molecular weight is 380 g/mol. The van der Waals surface area contributed by atoms with Gasteiger partial charge in [0.25, 0.3) is 0 Å². The summed E-state index contributed by atoms with van der Waals surface area (Å²) in [5.74, 6) is 1.59. The van der Waals surface area contributed by atoms with E-state index < -0.39 is 0 Å². The molecule has 0 aliphatic rings. The van der Waals surface area contributed by atoms with Crippen molar-refractivity contribution in [1.29, 1.82) is 0 Å². The Morgan fingerprint density at radius 1 is 1.04 bits per heavy atom. The minimum atomic E-state index is -0.159. The summed E-state index contributed by atoms with van der Waals surface area (Å²) in [5, 5.41) is 4.14. The van der Waals surface area contributed by atoms with Crippen LogP contribution in [0.1, 0.15) is 37.3 Å². The van der Waals surface area contributed by atoms with Crippen molar-refractivity contribution in [3.05, 3.63) is 59.8 Å².